The Hall–Kier alpha value is -4.29. The summed E-state index contributed by atoms with van der Waals surface area (Å²) in [5.41, 5.74) is 0. The monoisotopic (exact) mass is 736 g/mol. The Morgan fingerprint density at radius 2 is 0.694 bits per heavy atom. The van der Waals surface area contributed by atoms with Crippen LogP contribution in [0.5, 0.6) is 0 Å². The summed E-state index contributed by atoms with van der Waals surface area (Å²) in [6.07, 6.45) is -1.47. The Bertz CT molecular complexity index is 709. The first kappa shape index (κ1) is 63.4. The number of methoxy groups -OCH3 is 6. The van der Waals surface area contributed by atoms with Crippen molar-refractivity contribution in [2.24, 2.45) is 0 Å². The van der Waals surface area contributed by atoms with Gasteiger partial charge in [0.1, 0.15) is 0 Å². The maximum Gasteiger partial charge on any atom is 0.507 e. The van der Waals surface area contributed by atoms with Crippen LogP contribution in [0, 0.1) is 0 Å². The molecule has 0 saturated heterocycles. The predicted molar refractivity (Wildman–Crippen MR) is 196 cm³/mol. The molecule has 49 heavy (non-hydrogen) atoms. The maximum atomic E-state index is 10.8. The van der Waals surface area contributed by atoms with E-state index in [1.807, 2.05) is 27.7 Å². The van der Waals surface area contributed by atoms with E-state index in [4.69, 9.17) is 12.2 Å². The van der Waals surface area contributed by atoms with Gasteiger partial charge in [-0.2, -0.15) is 0 Å². The predicted octanol–water partition coefficient (Wildman–Crippen LogP) is 3.71. The van der Waals surface area contributed by atoms with Gasteiger partial charge in [0.2, 0.25) is 0 Å². The van der Waals surface area contributed by atoms with Crippen LogP contribution in [-0.2, 0) is 38.0 Å². The second kappa shape index (κ2) is 48.1. The molecular formula is C30H68N6O12S. The summed E-state index contributed by atoms with van der Waals surface area (Å²) in [7, 11) is 10.9. The van der Waals surface area contributed by atoms with E-state index in [1.165, 1.54) is 70.6 Å². The average Bonchev–Trinajstić information content (AvgIpc) is 2.99. The summed E-state index contributed by atoms with van der Waals surface area (Å²) in [6, 6.07) is 1.15. The van der Waals surface area contributed by atoms with E-state index in [0.717, 1.165) is 5.11 Å². The smallest absolute Gasteiger partial charge is 0.469 e. The fourth-order valence-corrected chi connectivity index (χ4v) is 1.89. The van der Waals surface area contributed by atoms with Gasteiger partial charge < -0.3 is 60.3 Å². The first-order valence-corrected chi connectivity index (χ1v) is 14.8. The summed E-state index contributed by atoms with van der Waals surface area (Å²) in [5, 5.41) is 16.9. The Labute approximate surface area is 300 Å². The zero-order chi connectivity index (χ0) is 39.8. The summed E-state index contributed by atoms with van der Waals surface area (Å²) in [5.74, 6) is -0.491. The van der Waals surface area contributed by atoms with Crippen LogP contribution in [-0.4, -0.2) is 122 Å². The lowest BCUT2D eigenvalue weighted by molar-refractivity contribution is -0.138. The van der Waals surface area contributed by atoms with Crippen molar-refractivity contribution in [1.29, 1.82) is 0 Å². The highest BCUT2D eigenvalue weighted by Crippen LogP contribution is 1.81. The van der Waals surface area contributed by atoms with Crippen LogP contribution in [0.1, 0.15) is 76.7 Å². The van der Waals surface area contributed by atoms with Crippen molar-refractivity contribution < 1.29 is 57.2 Å². The van der Waals surface area contributed by atoms with Gasteiger partial charge in [-0.05, 0) is 67.6 Å². The van der Waals surface area contributed by atoms with Crippen molar-refractivity contribution in [2.45, 2.75) is 101 Å². The van der Waals surface area contributed by atoms with Gasteiger partial charge in [0, 0.05) is 52.1 Å². The number of nitrogens with one attached hydrogen (secondary N) is 6. The van der Waals surface area contributed by atoms with Gasteiger partial charge in [0.25, 0.3) is 0 Å². The van der Waals surface area contributed by atoms with E-state index in [1.54, 1.807) is 0 Å². The van der Waals surface area contributed by atoms with Gasteiger partial charge in [-0.25, -0.2) is 19.2 Å². The van der Waals surface area contributed by atoms with Crippen LogP contribution in [0.3, 0.4) is 0 Å². The van der Waals surface area contributed by atoms with E-state index in [-0.39, 0.29) is 37.5 Å². The van der Waals surface area contributed by atoms with E-state index in [0.29, 0.717) is 12.1 Å². The van der Waals surface area contributed by atoms with Gasteiger partial charge in [0.15, 0.2) is 5.11 Å². The van der Waals surface area contributed by atoms with Gasteiger partial charge in [-0.15, -0.1) is 0 Å². The molecule has 0 atom stereocenters. The molecule has 0 heterocycles. The van der Waals surface area contributed by atoms with E-state index < -0.39 is 18.3 Å². The van der Waals surface area contributed by atoms with Crippen LogP contribution in [0.15, 0.2) is 0 Å². The molecule has 0 rings (SSSR count). The minimum absolute atomic E-state index is 0. The van der Waals surface area contributed by atoms with E-state index in [9.17, 15) is 28.8 Å². The third-order valence-electron chi connectivity index (χ3n) is 3.37. The lowest BCUT2D eigenvalue weighted by Crippen LogP contribution is -2.42. The number of carbonyl (C=O) groups is 6. The minimum Gasteiger partial charge on any atom is -0.469 e. The molecule has 0 bridgehead atoms. The maximum absolute atomic E-state index is 10.8. The molecule has 0 aliphatic heterocycles. The SMILES string of the molecule is C.CC(C)NC(=O)NC(C)C.CC(C)NC(=S)NC(C)C.CNC(=O)OC.CNC(=O)OC.COC(=O)OC.COC(C)=O.COC(C)=O. The second-order valence-electron chi connectivity index (χ2n) is 9.39. The van der Waals surface area contributed by atoms with Crippen molar-refractivity contribution in [1.82, 2.24) is 31.9 Å². The zero-order valence-corrected chi connectivity index (χ0v) is 32.9. The van der Waals surface area contributed by atoms with Gasteiger partial charge in [-0.3, -0.25) is 9.59 Å². The number of hydrogen-bond donors (Lipinski definition) is 6. The molecular weight excluding hydrogens is 668 g/mol. The number of esters is 2. The fraction of sp³-hybridized carbons (Fsp3) is 0.767. The van der Waals surface area contributed by atoms with Crippen molar-refractivity contribution in [2.75, 3.05) is 56.8 Å². The molecule has 0 fully saturated rings. The van der Waals surface area contributed by atoms with Crippen molar-refractivity contribution in [3.05, 3.63) is 0 Å². The van der Waals surface area contributed by atoms with Crippen LogP contribution in [0.4, 0.5) is 19.2 Å². The van der Waals surface area contributed by atoms with Crippen molar-refractivity contribution in [3.63, 3.8) is 0 Å². The number of ether oxygens (including phenoxy) is 6. The van der Waals surface area contributed by atoms with Crippen LogP contribution < -0.4 is 31.9 Å². The van der Waals surface area contributed by atoms with Gasteiger partial charge >= 0.3 is 36.3 Å². The highest BCUT2D eigenvalue weighted by molar-refractivity contribution is 7.80. The number of amides is 4. The third kappa shape index (κ3) is 99.0. The minimum atomic E-state index is -0.657. The molecule has 19 heteroatoms. The molecule has 0 aromatic rings. The highest BCUT2D eigenvalue weighted by atomic mass is 32.1. The second-order valence-corrected chi connectivity index (χ2v) is 9.80. The molecule has 0 aromatic heterocycles. The molecule has 0 unspecified atom stereocenters. The standard InChI is InChI=1S/C7H16N2O.C7H16N2S.2C3H7NO2.C3H6O3.2C3H6O2.CH4/c2*1-5(2)8-7(10)9-6(3)4;2*1-4-3(5)6-2;1-5-3(4)6-2;2*1-3(4)5-2;/h2*5-6H,1-4H3,(H2,8,9,10);2*1-2H3,(H,4,5);1-2H3;2*1-2H3;1H4. The fourth-order valence-electron chi connectivity index (χ4n) is 1.42. The number of rotatable bonds is 4. The first-order valence-electron chi connectivity index (χ1n) is 14.4. The van der Waals surface area contributed by atoms with Gasteiger partial charge in [-0.1, -0.05) is 7.43 Å². The first-order chi connectivity index (χ1) is 22.0. The molecule has 4 amide bonds. The Balaban J connectivity index is -0.0000000678. The van der Waals surface area contributed by atoms with Crippen LogP contribution in [0.2, 0.25) is 0 Å². The van der Waals surface area contributed by atoms with E-state index >= 15 is 0 Å². The summed E-state index contributed by atoms with van der Waals surface area (Å²) in [6.45, 7) is 18.7. The Morgan fingerprint density at radius 1 is 0.469 bits per heavy atom. The molecule has 6 N–H and O–H groups in total. The van der Waals surface area contributed by atoms with E-state index in [2.05, 4.69) is 88.0 Å². The largest absolute Gasteiger partial charge is 0.507 e. The molecule has 0 aromatic carbocycles. The summed E-state index contributed by atoms with van der Waals surface area (Å²) >= 11 is 4.98. The third-order valence-corrected chi connectivity index (χ3v) is 3.60. The highest BCUT2D eigenvalue weighted by Gasteiger charge is 2.02. The molecule has 0 saturated carbocycles. The quantitative estimate of drug-likeness (QED) is 0.137. The zero-order valence-electron chi connectivity index (χ0n) is 32.1. The number of urea groups is 1. The van der Waals surface area contributed by atoms with Crippen molar-refractivity contribution in [3.8, 4) is 0 Å². The van der Waals surface area contributed by atoms with Gasteiger partial charge in [0.05, 0.1) is 42.7 Å². The Kier molecular flexibility index (Phi) is 62.2. The molecule has 0 aliphatic rings. The number of hydrogen-bond acceptors (Lipinski definition) is 13. The lowest BCUT2D eigenvalue weighted by atomic mass is 10.4. The topological polar surface area (TPSA) is 230 Å². The number of alkyl carbamates (subject to hydrolysis) is 2. The number of carbonyl (C=O) groups excluding carboxylic acids is 6. The summed E-state index contributed by atoms with van der Waals surface area (Å²) < 4.78 is 24.6. The molecule has 296 valence electrons. The summed E-state index contributed by atoms with van der Waals surface area (Å²) in [4.78, 5) is 59.5. The lowest BCUT2D eigenvalue weighted by Gasteiger charge is -2.14. The van der Waals surface area contributed by atoms with Crippen LogP contribution >= 0.6 is 12.2 Å². The van der Waals surface area contributed by atoms with Crippen molar-refractivity contribution >= 4 is 53.6 Å². The normalized spacial score (nSPS) is 8.12. The molecule has 18 nitrogen and oxygen atoms in total. The Morgan fingerprint density at radius 3 is 0.776 bits per heavy atom. The molecule has 0 radical (unpaired) electrons. The average molecular weight is 737 g/mol. The number of thiocarbonyl (C=S) groups is 1. The molecule has 0 aliphatic carbocycles. The molecule has 0 spiro atoms. The van der Waals surface area contributed by atoms with Crippen LogP contribution in [0.25, 0.3) is 0 Å².